The number of hydrogen-bond donors (Lipinski definition) is 1. The van der Waals surface area contributed by atoms with Crippen molar-refractivity contribution in [2.45, 2.75) is 25.8 Å². The summed E-state index contributed by atoms with van der Waals surface area (Å²) < 4.78 is 5.47. The molecular formula is C17H24N4O3. The average molecular weight is 332 g/mol. The molecule has 1 unspecified atom stereocenters. The minimum atomic E-state index is -0.459. The number of pyridine rings is 1. The number of nitrogens with zero attached hydrogens (tertiary/aromatic N) is 3. The van der Waals surface area contributed by atoms with Crippen LogP contribution in [0.3, 0.4) is 0 Å². The molecule has 1 N–H and O–H groups in total. The first-order chi connectivity index (χ1) is 11.7. The molecular weight excluding hydrogens is 308 g/mol. The maximum absolute atomic E-state index is 13.0. The van der Waals surface area contributed by atoms with Gasteiger partial charge in [-0.05, 0) is 31.9 Å². The summed E-state index contributed by atoms with van der Waals surface area (Å²) >= 11 is 0. The second-order valence-electron chi connectivity index (χ2n) is 6.04. The predicted molar refractivity (Wildman–Crippen MR) is 88.9 cm³/mol. The molecule has 0 aromatic carbocycles. The third kappa shape index (κ3) is 3.36. The van der Waals surface area contributed by atoms with Crippen LogP contribution >= 0.6 is 0 Å². The van der Waals surface area contributed by atoms with E-state index in [0.29, 0.717) is 37.7 Å². The van der Waals surface area contributed by atoms with Crippen molar-refractivity contribution < 1.29 is 14.3 Å². The molecule has 1 aromatic heterocycles. The van der Waals surface area contributed by atoms with Crippen LogP contribution in [0.15, 0.2) is 18.3 Å². The third-order valence-electron chi connectivity index (χ3n) is 4.49. The van der Waals surface area contributed by atoms with Crippen molar-refractivity contribution >= 4 is 11.8 Å². The van der Waals surface area contributed by atoms with Crippen LogP contribution in [0.4, 0.5) is 0 Å². The van der Waals surface area contributed by atoms with Crippen molar-refractivity contribution in [1.29, 1.82) is 0 Å². The van der Waals surface area contributed by atoms with Gasteiger partial charge in [0.05, 0.1) is 6.61 Å². The van der Waals surface area contributed by atoms with Gasteiger partial charge in [-0.2, -0.15) is 0 Å². The van der Waals surface area contributed by atoms with Gasteiger partial charge in [0.1, 0.15) is 11.6 Å². The number of piperazine rings is 1. The molecule has 0 bridgehead atoms. The highest BCUT2D eigenvalue weighted by molar-refractivity contribution is 5.99. The van der Waals surface area contributed by atoms with Gasteiger partial charge in [-0.25, -0.2) is 4.98 Å². The first kappa shape index (κ1) is 16.7. The van der Waals surface area contributed by atoms with Crippen molar-refractivity contribution in [2.75, 3.05) is 39.3 Å². The van der Waals surface area contributed by atoms with Crippen LogP contribution < -0.4 is 10.1 Å². The lowest BCUT2D eigenvalue weighted by atomic mass is 10.1. The van der Waals surface area contributed by atoms with Gasteiger partial charge < -0.3 is 19.9 Å². The summed E-state index contributed by atoms with van der Waals surface area (Å²) in [7, 11) is 0. The van der Waals surface area contributed by atoms with E-state index in [0.717, 1.165) is 25.9 Å². The third-order valence-corrected chi connectivity index (χ3v) is 4.49. The monoisotopic (exact) mass is 332 g/mol. The van der Waals surface area contributed by atoms with Gasteiger partial charge in [0, 0.05) is 38.9 Å². The van der Waals surface area contributed by atoms with E-state index in [4.69, 9.17) is 4.74 Å². The average Bonchev–Trinajstić information content (AvgIpc) is 3.16. The summed E-state index contributed by atoms with van der Waals surface area (Å²) in [6.45, 7) is 5.54. The quantitative estimate of drug-likeness (QED) is 0.870. The van der Waals surface area contributed by atoms with Gasteiger partial charge >= 0.3 is 0 Å². The van der Waals surface area contributed by atoms with Crippen LogP contribution in [0.1, 0.15) is 30.1 Å². The molecule has 1 aromatic rings. The number of aromatic nitrogens is 1. The molecule has 2 fully saturated rings. The number of likely N-dealkylation sites (tertiary alicyclic amines) is 1. The first-order valence-corrected chi connectivity index (χ1v) is 8.60. The van der Waals surface area contributed by atoms with Gasteiger partial charge in [-0.3, -0.25) is 9.59 Å². The Bertz CT molecular complexity index is 601. The number of nitrogens with one attached hydrogen (secondary N) is 1. The van der Waals surface area contributed by atoms with Gasteiger partial charge in [0.25, 0.3) is 5.91 Å². The minimum Gasteiger partial charge on any atom is -0.477 e. The fourth-order valence-electron chi connectivity index (χ4n) is 3.28. The molecule has 3 heterocycles. The van der Waals surface area contributed by atoms with Gasteiger partial charge in [-0.15, -0.1) is 0 Å². The van der Waals surface area contributed by atoms with Crippen LogP contribution in [0.25, 0.3) is 0 Å². The Hall–Kier alpha value is -2.15. The number of amides is 2. The van der Waals surface area contributed by atoms with E-state index in [2.05, 4.69) is 10.3 Å². The summed E-state index contributed by atoms with van der Waals surface area (Å²) in [6.07, 6.45) is 3.68. The number of rotatable bonds is 4. The molecule has 0 saturated carbocycles. The van der Waals surface area contributed by atoms with Crippen molar-refractivity contribution in [3.63, 3.8) is 0 Å². The molecule has 2 amide bonds. The highest BCUT2D eigenvalue weighted by atomic mass is 16.5. The molecule has 3 rings (SSSR count). The zero-order valence-corrected chi connectivity index (χ0v) is 14.0. The zero-order valence-electron chi connectivity index (χ0n) is 14.0. The summed E-state index contributed by atoms with van der Waals surface area (Å²) in [6, 6.07) is 2.97. The van der Waals surface area contributed by atoms with Gasteiger partial charge in [-0.1, -0.05) is 0 Å². The van der Waals surface area contributed by atoms with Crippen molar-refractivity contribution in [3.8, 4) is 5.88 Å². The second kappa shape index (κ2) is 7.61. The highest BCUT2D eigenvalue weighted by Gasteiger charge is 2.36. The van der Waals surface area contributed by atoms with Crippen LogP contribution in [0, 0.1) is 0 Å². The van der Waals surface area contributed by atoms with E-state index >= 15 is 0 Å². The van der Waals surface area contributed by atoms with Gasteiger partial charge in [0.15, 0.2) is 0 Å². The normalized spacial score (nSPS) is 21.0. The summed E-state index contributed by atoms with van der Waals surface area (Å²) in [5, 5.41) is 3.23. The van der Waals surface area contributed by atoms with Gasteiger partial charge in [0.2, 0.25) is 11.8 Å². The predicted octanol–water partition coefficient (Wildman–Crippen LogP) is 0.517. The van der Waals surface area contributed by atoms with Crippen molar-refractivity contribution in [2.24, 2.45) is 0 Å². The number of carbonyl (C=O) groups is 2. The Morgan fingerprint density at radius 2 is 2.12 bits per heavy atom. The largest absolute Gasteiger partial charge is 0.477 e. The molecule has 7 heteroatoms. The Balaban J connectivity index is 1.82. The fraction of sp³-hybridized carbons (Fsp3) is 0.588. The Labute approximate surface area is 142 Å². The Morgan fingerprint density at radius 3 is 2.88 bits per heavy atom. The van der Waals surface area contributed by atoms with E-state index < -0.39 is 6.04 Å². The van der Waals surface area contributed by atoms with E-state index in [1.165, 1.54) is 0 Å². The van der Waals surface area contributed by atoms with Crippen LogP contribution in [0.2, 0.25) is 0 Å². The maximum Gasteiger partial charge on any atom is 0.260 e. The van der Waals surface area contributed by atoms with E-state index in [1.807, 2.05) is 11.8 Å². The van der Waals surface area contributed by atoms with Crippen LogP contribution in [0.5, 0.6) is 5.88 Å². The molecule has 0 spiro atoms. The van der Waals surface area contributed by atoms with Crippen LogP contribution in [-0.4, -0.2) is 72.0 Å². The van der Waals surface area contributed by atoms with Crippen molar-refractivity contribution in [1.82, 2.24) is 20.1 Å². The molecule has 2 aliphatic heterocycles. The highest BCUT2D eigenvalue weighted by Crippen LogP contribution is 2.20. The maximum atomic E-state index is 13.0. The molecule has 2 aliphatic rings. The zero-order chi connectivity index (χ0) is 16.9. The lowest BCUT2D eigenvalue weighted by Crippen LogP contribution is -2.59. The van der Waals surface area contributed by atoms with E-state index in [9.17, 15) is 9.59 Å². The topological polar surface area (TPSA) is 74.8 Å². The standard InChI is InChI=1S/C17H24N4O3/c1-2-24-15-13(6-5-7-19-15)16(22)21-11-8-18-12-14(21)17(23)20-9-3-4-10-20/h5-7,14,18H,2-4,8-12H2,1H3. The summed E-state index contributed by atoms with van der Waals surface area (Å²) in [5.41, 5.74) is 0.417. The molecule has 2 saturated heterocycles. The molecule has 24 heavy (non-hydrogen) atoms. The van der Waals surface area contributed by atoms with Crippen LogP contribution in [-0.2, 0) is 4.79 Å². The summed E-state index contributed by atoms with van der Waals surface area (Å²) in [5.74, 6) is 0.177. The second-order valence-corrected chi connectivity index (χ2v) is 6.04. The Morgan fingerprint density at radius 1 is 1.33 bits per heavy atom. The molecule has 7 nitrogen and oxygen atoms in total. The minimum absolute atomic E-state index is 0.0369. The molecule has 130 valence electrons. The smallest absolute Gasteiger partial charge is 0.260 e. The van der Waals surface area contributed by atoms with E-state index in [-0.39, 0.29) is 11.8 Å². The van der Waals surface area contributed by atoms with Crippen molar-refractivity contribution in [3.05, 3.63) is 23.9 Å². The molecule has 0 radical (unpaired) electrons. The molecule has 0 aliphatic carbocycles. The number of carbonyl (C=O) groups excluding carboxylic acids is 2. The Kier molecular flexibility index (Phi) is 5.30. The van der Waals surface area contributed by atoms with E-state index in [1.54, 1.807) is 23.2 Å². The summed E-state index contributed by atoms with van der Waals surface area (Å²) in [4.78, 5) is 33.5. The SMILES string of the molecule is CCOc1ncccc1C(=O)N1CCNCC1C(=O)N1CCCC1. The lowest BCUT2D eigenvalue weighted by Gasteiger charge is -2.37. The fourth-order valence-corrected chi connectivity index (χ4v) is 3.28. The first-order valence-electron chi connectivity index (χ1n) is 8.60. The molecule has 1 atom stereocenters. The number of ether oxygens (including phenoxy) is 1. The number of hydrogen-bond acceptors (Lipinski definition) is 5. The lowest BCUT2D eigenvalue weighted by molar-refractivity contribution is -0.135.